The second kappa shape index (κ2) is 11.2. The first-order chi connectivity index (χ1) is 18.7. The van der Waals surface area contributed by atoms with Crippen LogP contribution in [-0.4, -0.2) is 50.5 Å². The quantitative estimate of drug-likeness (QED) is 0.367. The van der Waals surface area contributed by atoms with Crippen LogP contribution in [0.15, 0.2) is 59.5 Å². The van der Waals surface area contributed by atoms with Gasteiger partial charge in [0.2, 0.25) is 0 Å². The first-order valence-electron chi connectivity index (χ1n) is 12.6. The van der Waals surface area contributed by atoms with Gasteiger partial charge in [-0.15, -0.1) is 0 Å². The van der Waals surface area contributed by atoms with Crippen LogP contribution in [0.2, 0.25) is 0 Å². The molecule has 1 N–H and O–H groups in total. The molecule has 3 aromatic carbocycles. The van der Waals surface area contributed by atoms with Gasteiger partial charge in [-0.2, -0.15) is 0 Å². The highest BCUT2D eigenvalue weighted by molar-refractivity contribution is 7.92. The van der Waals surface area contributed by atoms with Crippen LogP contribution in [0, 0.1) is 18.6 Å². The van der Waals surface area contributed by atoms with Crippen molar-refractivity contribution in [1.29, 1.82) is 0 Å². The van der Waals surface area contributed by atoms with Crippen LogP contribution < -0.4 is 9.46 Å². The maximum absolute atomic E-state index is 14.8. The van der Waals surface area contributed by atoms with Crippen LogP contribution >= 0.6 is 0 Å². The summed E-state index contributed by atoms with van der Waals surface area (Å²) >= 11 is 0. The summed E-state index contributed by atoms with van der Waals surface area (Å²) in [5.41, 5.74) is -0.545. The molecule has 0 aliphatic carbocycles. The summed E-state index contributed by atoms with van der Waals surface area (Å²) in [6.07, 6.45) is 0.835. The van der Waals surface area contributed by atoms with Crippen LogP contribution in [-0.2, 0) is 19.6 Å². The molecule has 0 atom stereocenters. The summed E-state index contributed by atoms with van der Waals surface area (Å²) in [4.78, 5) is 26.3. The third-order valence-corrected chi connectivity index (χ3v) is 7.43. The Morgan fingerprint density at radius 1 is 1.00 bits per heavy atom. The van der Waals surface area contributed by atoms with Gasteiger partial charge in [0.15, 0.2) is 6.61 Å². The van der Waals surface area contributed by atoms with E-state index < -0.39 is 50.4 Å². The molecule has 0 radical (unpaired) electrons. The van der Waals surface area contributed by atoms with E-state index in [1.807, 2.05) is 0 Å². The Hall–Kier alpha value is -3.99. The van der Waals surface area contributed by atoms with E-state index in [4.69, 9.17) is 9.47 Å². The minimum atomic E-state index is -4.61. The SMILES string of the molecule is Cc1cc(C(=O)N2CCC2)cc(S(=O)(=O)Nc2cc(-c3ccccc3)c(F)cc2F)c1OCC(=O)OC(C)(C)C. The molecule has 0 aromatic heterocycles. The topological polar surface area (TPSA) is 102 Å². The number of likely N-dealkylation sites (tertiary alicyclic amines) is 1. The summed E-state index contributed by atoms with van der Waals surface area (Å²) in [6, 6.07) is 12.5. The van der Waals surface area contributed by atoms with Gasteiger partial charge in [-0.25, -0.2) is 22.0 Å². The van der Waals surface area contributed by atoms with E-state index in [0.717, 1.165) is 18.6 Å². The fourth-order valence-electron chi connectivity index (χ4n) is 4.12. The molecule has 0 saturated carbocycles. The third kappa shape index (κ3) is 6.59. The van der Waals surface area contributed by atoms with Crippen LogP contribution in [0.3, 0.4) is 0 Å². The molecule has 212 valence electrons. The van der Waals surface area contributed by atoms with Gasteiger partial charge >= 0.3 is 5.97 Å². The molecule has 40 heavy (non-hydrogen) atoms. The number of nitrogens with one attached hydrogen (secondary N) is 1. The number of carbonyl (C=O) groups excluding carboxylic acids is 2. The fraction of sp³-hybridized carbons (Fsp3) is 0.310. The second-order valence-electron chi connectivity index (χ2n) is 10.4. The molecule has 1 aliphatic rings. The molecule has 0 unspecified atom stereocenters. The summed E-state index contributed by atoms with van der Waals surface area (Å²) in [7, 11) is -4.61. The van der Waals surface area contributed by atoms with Gasteiger partial charge in [-0.1, -0.05) is 30.3 Å². The molecule has 1 heterocycles. The predicted octanol–water partition coefficient (Wildman–Crippen LogP) is 5.31. The van der Waals surface area contributed by atoms with Crippen molar-refractivity contribution in [2.45, 2.75) is 44.6 Å². The Bertz CT molecular complexity index is 1550. The average molecular weight is 573 g/mol. The summed E-state index contributed by atoms with van der Waals surface area (Å²) in [6.45, 7) is 7.02. The summed E-state index contributed by atoms with van der Waals surface area (Å²) in [5.74, 6) is -3.32. The van der Waals surface area contributed by atoms with E-state index >= 15 is 0 Å². The van der Waals surface area contributed by atoms with Crippen molar-refractivity contribution in [3.05, 3.63) is 77.4 Å². The van der Waals surface area contributed by atoms with E-state index in [-0.39, 0.29) is 28.3 Å². The summed E-state index contributed by atoms with van der Waals surface area (Å²) in [5, 5.41) is 0. The van der Waals surface area contributed by atoms with E-state index in [0.29, 0.717) is 24.7 Å². The first-order valence-corrected chi connectivity index (χ1v) is 14.1. The molecule has 0 bridgehead atoms. The Kier molecular flexibility index (Phi) is 8.15. The van der Waals surface area contributed by atoms with Crippen LogP contribution in [0.4, 0.5) is 14.5 Å². The smallest absolute Gasteiger partial charge is 0.344 e. The monoisotopic (exact) mass is 572 g/mol. The zero-order chi connectivity index (χ0) is 29.2. The van der Waals surface area contributed by atoms with Gasteiger partial charge < -0.3 is 14.4 Å². The predicted molar refractivity (Wildman–Crippen MR) is 146 cm³/mol. The largest absolute Gasteiger partial charge is 0.480 e. The van der Waals surface area contributed by atoms with Gasteiger partial charge in [-0.05, 0) is 63.4 Å². The second-order valence-corrected chi connectivity index (χ2v) is 12.1. The van der Waals surface area contributed by atoms with Crippen molar-refractivity contribution in [2.24, 2.45) is 0 Å². The molecule has 0 spiro atoms. The Balaban J connectivity index is 1.74. The lowest BCUT2D eigenvalue weighted by Gasteiger charge is -2.31. The molecule has 8 nitrogen and oxygen atoms in total. The molecule has 1 saturated heterocycles. The van der Waals surface area contributed by atoms with Gasteiger partial charge in [0.25, 0.3) is 15.9 Å². The van der Waals surface area contributed by atoms with Crippen molar-refractivity contribution < 1.29 is 36.3 Å². The number of benzene rings is 3. The fourth-order valence-corrected chi connectivity index (χ4v) is 5.42. The normalized spacial score (nSPS) is 13.4. The number of amides is 1. The molecule has 1 fully saturated rings. The lowest BCUT2D eigenvalue weighted by molar-refractivity contribution is -0.157. The molecule has 4 rings (SSSR count). The van der Waals surface area contributed by atoms with Gasteiger partial charge in [0, 0.05) is 30.3 Å². The van der Waals surface area contributed by atoms with Gasteiger partial charge in [-0.3, -0.25) is 9.52 Å². The van der Waals surface area contributed by atoms with Crippen molar-refractivity contribution in [2.75, 3.05) is 24.4 Å². The third-order valence-electron chi connectivity index (χ3n) is 6.06. The van der Waals surface area contributed by atoms with Crippen molar-refractivity contribution in [1.82, 2.24) is 4.90 Å². The maximum atomic E-state index is 14.8. The van der Waals surface area contributed by atoms with Crippen molar-refractivity contribution in [3.63, 3.8) is 0 Å². The van der Waals surface area contributed by atoms with Crippen molar-refractivity contribution in [3.8, 4) is 16.9 Å². The highest BCUT2D eigenvalue weighted by atomic mass is 32.2. The minimum absolute atomic E-state index is 0.0148. The number of aryl methyl sites for hydroxylation is 1. The van der Waals surface area contributed by atoms with E-state index in [1.165, 1.54) is 13.0 Å². The lowest BCUT2D eigenvalue weighted by Crippen LogP contribution is -2.42. The number of carbonyl (C=O) groups is 2. The lowest BCUT2D eigenvalue weighted by atomic mass is 10.0. The van der Waals surface area contributed by atoms with Gasteiger partial charge in [0.05, 0.1) is 5.69 Å². The Labute approximate surface area is 232 Å². The number of ether oxygens (including phenoxy) is 2. The minimum Gasteiger partial charge on any atom is -0.480 e. The highest BCUT2D eigenvalue weighted by Crippen LogP contribution is 2.34. The number of anilines is 1. The van der Waals surface area contributed by atoms with Crippen LogP contribution in [0.5, 0.6) is 5.75 Å². The molecule has 3 aromatic rings. The number of hydrogen-bond donors (Lipinski definition) is 1. The first kappa shape index (κ1) is 29.0. The average Bonchev–Trinajstić information content (AvgIpc) is 2.82. The number of rotatable bonds is 8. The van der Waals surface area contributed by atoms with Crippen molar-refractivity contribution >= 4 is 27.6 Å². The standard InChI is InChI=1S/C29H30F2N2O6S/c1-18-13-20(28(35)33-11-8-12-33)14-25(27(18)38-17-26(34)39-29(2,3)4)40(36,37)32-24-15-21(22(30)16-23(24)31)19-9-6-5-7-10-19/h5-7,9-10,13-16,32H,8,11-12,17H2,1-4H3. The zero-order valence-corrected chi connectivity index (χ0v) is 23.4. The number of sulfonamides is 1. The zero-order valence-electron chi connectivity index (χ0n) is 22.6. The van der Waals surface area contributed by atoms with Gasteiger partial charge in [0.1, 0.15) is 27.9 Å². The number of hydrogen-bond acceptors (Lipinski definition) is 6. The molecule has 1 aliphatic heterocycles. The molecule has 1 amide bonds. The van der Waals surface area contributed by atoms with Crippen LogP contribution in [0.1, 0.15) is 43.1 Å². The van der Waals surface area contributed by atoms with E-state index in [9.17, 15) is 26.8 Å². The molecule has 11 heteroatoms. The Morgan fingerprint density at radius 2 is 1.68 bits per heavy atom. The maximum Gasteiger partial charge on any atom is 0.344 e. The number of halogens is 2. The number of esters is 1. The highest BCUT2D eigenvalue weighted by Gasteiger charge is 2.29. The van der Waals surface area contributed by atoms with E-state index in [1.54, 1.807) is 56.0 Å². The Morgan fingerprint density at radius 3 is 2.27 bits per heavy atom. The number of nitrogens with zero attached hydrogens (tertiary/aromatic N) is 1. The molecular weight excluding hydrogens is 542 g/mol. The molecular formula is C29H30F2N2O6S. The van der Waals surface area contributed by atoms with E-state index in [2.05, 4.69) is 4.72 Å². The van der Waals surface area contributed by atoms with Crippen LogP contribution in [0.25, 0.3) is 11.1 Å². The summed E-state index contributed by atoms with van der Waals surface area (Å²) < 4.78 is 69.8.